The Morgan fingerprint density at radius 2 is 0.933 bits per heavy atom. The van der Waals surface area contributed by atoms with Gasteiger partial charge in [0.1, 0.15) is 12.1 Å². The minimum Gasteiger partial charge on any atom is -0.340 e. The third-order valence-corrected chi connectivity index (χ3v) is 5.06. The van der Waals surface area contributed by atoms with Gasteiger partial charge in [-0.25, -0.2) is 0 Å². The van der Waals surface area contributed by atoms with Crippen LogP contribution in [0.1, 0.15) is 34.6 Å². The van der Waals surface area contributed by atoms with Crippen LogP contribution in [-0.2, 0) is 9.59 Å². The molecule has 0 aromatic heterocycles. The van der Waals surface area contributed by atoms with E-state index < -0.39 is 35.7 Å². The van der Waals surface area contributed by atoms with Gasteiger partial charge in [0.25, 0.3) is 23.6 Å². The number of amides is 4. The molecule has 0 bridgehead atoms. The molecule has 0 heterocycles. The summed E-state index contributed by atoms with van der Waals surface area (Å²) in [5, 5.41) is 5.07. The largest absolute Gasteiger partial charge is 0.340 e. The number of carbonyl (C=O) groups excluding carboxylic acids is 4. The molecule has 10 heteroatoms. The molecule has 0 saturated carbocycles. The fourth-order valence-electron chi connectivity index (χ4n) is 2.23. The third-order valence-electron chi connectivity index (χ3n) is 4.00. The van der Waals surface area contributed by atoms with E-state index in [4.69, 9.17) is 0 Å². The predicted molar refractivity (Wildman–Crippen MR) is 118 cm³/mol. The van der Waals surface area contributed by atoms with Crippen molar-refractivity contribution in [2.45, 2.75) is 25.9 Å². The van der Waals surface area contributed by atoms with E-state index >= 15 is 0 Å². The molecule has 0 aliphatic carbocycles. The van der Waals surface area contributed by atoms with Crippen molar-refractivity contribution in [1.82, 2.24) is 21.5 Å². The number of carbonyl (C=O) groups is 4. The lowest BCUT2D eigenvalue weighted by atomic mass is 10.2. The van der Waals surface area contributed by atoms with Gasteiger partial charge in [-0.1, -0.05) is 31.9 Å². The summed E-state index contributed by atoms with van der Waals surface area (Å²) in [5.41, 5.74) is 5.25. The van der Waals surface area contributed by atoms with Gasteiger partial charge in [0, 0.05) is 20.1 Å². The van der Waals surface area contributed by atoms with Gasteiger partial charge in [-0.05, 0) is 62.4 Å². The minimum atomic E-state index is -0.894. The first kappa shape index (κ1) is 23.6. The highest BCUT2D eigenvalue weighted by molar-refractivity contribution is 9.10. The van der Waals surface area contributed by atoms with Crippen molar-refractivity contribution < 1.29 is 19.2 Å². The molecule has 0 saturated heterocycles. The van der Waals surface area contributed by atoms with Crippen LogP contribution >= 0.6 is 31.9 Å². The molecule has 0 radical (unpaired) electrons. The lowest BCUT2D eigenvalue weighted by molar-refractivity contribution is -0.130. The molecule has 2 aromatic carbocycles. The highest BCUT2D eigenvalue weighted by Gasteiger charge is 2.20. The monoisotopic (exact) mass is 538 g/mol. The highest BCUT2D eigenvalue weighted by atomic mass is 79.9. The average Bonchev–Trinajstić information content (AvgIpc) is 2.72. The maximum atomic E-state index is 12.2. The maximum Gasteiger partial charge on any atom is 0.260 e. The van der Waals surface area contributed by atoms with E-state index in [1.54, 1.807) is 48.5 Å². The van der Waals surface area contributed by atoms with Gasteiger partial charge in [-0.3, -0.25) is 30.0 Å². The van der Waals surface area contributed by atoms with E-state index in [9.17, 15) is 19.2 Å². The molecule has 0 spiro atoms. The van der Waals surface area contributed by atoms with Gasteiger partial charge in [-0.15, -0.1) is 0 Å². The highest BCUT2D eigenvalue weighted by Crippen LogP contribution is 2.11. The molecule has 8 nitrogen and oxygen atoms in total. The quantitative estimate of drug-likeness (QED) is 0.421. The van der Waals surface area contributed by atoms with E-state index in [1.165, 1.54) is 13.8 Å². The Hall–Kier alpha value is -2.72. The number of hydrazine groups is 1. The minimum absolute atomic E-state index is 0.395. The zero-order valence-corrected chi connectivity index (χ0v) is 19.3. The number of rotatable bonds is 6. The Labute approximate surface area is 190 Å². The van der Waals surface area contributed by atoms with Crippen LogP contribution in [-0.4, -0.2) is 35.7 Å². The Bertz CT molecular complexity index is 855. The van der Waals surface area contributed by atoms with Crippen LogP contribution in [0.5, 0.6) is 0 Å². The topological polar surface area (TPSA) is 116 Å². The van der Waals surface area contributed by atoms with Gasteiger partial charge in [0.15, 0.2) is 0 Å². The second kappa shape index (κ2) is 10.9. The summed E-state index contributed by atoms with van der Waals surface area (Å²) in [4.78, 5) is 48.6. The molecular weight excluding hydrogens is 520 g/mol. The van der Waals surface area contributed by atoms with Crippen LogP contribution in [0.4, 0.5) is 0 Å². The van der Waals surface area contributed by atoms with E-state index in [0.717, 1.165) is 8.95 Å². The smallest absolute Gasteiger partial charge is 0.260 e. The lowest BCUT2D eigenvalue weighted by Gasteiger charge is -2.17. The molecular formula is C20H20Br2N4O4. The van der Waals surface area contributed by atoms with Gasteiger partial charge >= 0.3 is 0 Å². The van der Waals surface area contributed by atoms with E-state index in [2.05, 4.69) is 53.3 Å². The van der Waals surface area contributed by atoms with E-state index in [0.29, 0.717) is 11.1 Å². The Morgan fingerprint density at radius 3 is 1.23 bits per heavy atom. The molecule has 2 rings (SSSR count). The third kappa shape index (κ3) is 6.96. The van der Waals surface area contributed by atoms with Crippen LogP contribution in [0.25, 0.3) is 0 Å². The summed E-state index contributed by atoms with van der Waals surface area (Å²) in [6.45, 7) is 2.97. The number of nitrogens with one attached hydrogen (secondary N) is 4. The van der Waals surface area contributed by atoms with E-state index in [1.807, 2.05) is 0 Å². The van der Waals surface area contributed by atoms with Crippen LogP contribution in [0.3, 0.4) is 0 Å². The number of halogens is 2. The van der Waals surface area contributed by atoms with E-state index in [-0.39, 0.29) is 0 Å². The maximum absolute atomic E-state index is 12.2. The Kier molecular flexibility index (Phi) is 8.55. The Morgan fingerprint density at radius 1 is 0.633 bits per heavy atom. The standard InChI is InChI=1S/C20H20Br2N4O4/c1-11(23-19(29)13-3-7-15(21)8-4-13)17(27)25-26-18(28)12(2)24-20(30)14-5-9-16(22)10-6-14/h3-12H,1-2H3,(H,23,29)(H,24,30)(H,25,27)(H,26,28)/t11-,12+. The summed E-state index contributed by atoms with van der Waals surface area (Å²) in [7, 11) is 0. The van der Waals surface area contributed by atoms with Crippen LogP contribution in [0.15, 0.2) is 57.5 Å². The molecule has 2 atom stereocenters. The molecule has 4 N–H and O–H groups in total. The predicted octanol–water partition coefficient (Wildman–Crippen LogP) is 2.30. The summed E-state index contributed by atoms with van der Waals surface area (Å²) in [5.74, 6) is -2.07. The molecule has 0 fully saturated rings. The summed E-state index contributed by atoms with van der Waals surface area (Å²) in [6.07, 6.45) is 0. The van der Waals surface area contributed by atoms with Crippen LogP contribution in [0, 0.1) is 0 Å². The van der Waals surface area contributed by atoms with Gasteiger partial charge < -0.3 is 10.6 Å². The number of hydrogen-bond donors (Lipinski definition) is 4. The van der Waals surface area contributed by atoms with Crippen molar-refractivity contribution >= 4 is 55.5 Å². The molecule has 2 aromatic rings. The van der Waals surface area contributed by atoms with Gasteiger partial charge in [0.05, 0.1) is 0 Å². The Balaban J connectivity index is 1.80. The zero-order chi connectivity index (χ0) is 22.3. The summed E-state index contributed by atoms with van der Waals surface area (Å²) < 4.78 is 1.66. The molecule has 30 heavy (non-hydrogen) atoms. The van der Waals surface area contributed by atoms with Crippen molar-refractivity contribution in [3.8, 4) is 0 Å². The number of benzene rings is 2. The normalized spacial score (nSPS) is 12.3. The molecule has 0 unspecified atom stereocenters. The molecule has 0 aliphatic rings. The first-order chi connectivity index (χ1) is 14.2. The fourth-order valence-corrected chi connectivity index (χ4v) is 2.76. The van der Waals surface area contributed by atoms with Crippen molar-refractivity contribution in [2.75, 3.05) is 0 Å². The first-order valence-corrected chi connectivity index (χ1v) is 10.5. The van der Waals surface area contributed by atoms with Crippen molar-refractivity contribution in [3.63, 3.8) is 0 Å². The van der Waals surface area contributed by atoms with Crippen molar-refractivity contribution in [2.24, 2.45) is 0 Å². The van der Waals surface area contributed by atoms with Gasteiger partial charge in [-0.2, -0.15) is 0 Å². The molecule has 0 aliphatic heterocycles. The first-order valence-electron chi connectivity index (χ1n) is 8.90. The van der Waals surface area contributed by atoms with Crippen LogP contribution in [0.2, 0.25) is 0 Å². The second-order valence-electron chi connectivity index (χ2n) is 6.38. The van der Waals surface area contributed by atoms with Crippen molar-refractivity contribution in [3.05, 3.63) is 68.6 Å². The molecule has 158 valence electrons. The van der Waals surface area contributed by atoms with Gasteiger partial charge in [0.2, 0.25) is 0 Å². The lowest BCUT2D eigenvalue weighted by Crippen LogP contribution is -2.55. The second-order valence-corrected chi connectivity index (χ2v) is 8.21. The van der Waals surface area contributed by atoms with Crippen molar-refractivity contribution in [1.29, 1.82) is 0 Å². The number of hydrogen-bond acceptors (Lipinski definition) is 4. The fraction of sp³-hybridized carbons (Fsp3) is 0.200. The summed E-state index contributed by atoms with van der Waals surface area (Å²) in [6, 6.07) is 11.5. The average molecular weight is 540 g/mol. The zero-order valence-electron chi connectivity index (χ0n) is 16.2. The summed E-state index contributed by atoms with van der Waals surface area (Å²) >= 11 is 6.56. The van der Waals surface area contributed by atoms with Crippen LogP contribution < -0.4 is 21.5 Å². The molecule has 4 amide bonds. The SMILES string of the molecule is C[C@H](NC(=O)c1ccc(Br)cc1)C(=O)NNC(=O)[C@@H](C)NC(=O)c1ccc(Br)cc1.